The van der Waals surface area contributed by atoms with Gasteiger partial charge in [-0.3, -0.25) is 4.79 Å². The van der Waals surface area contributed by atoms with E-state index in [-0.39, 0.29) is 17.7 Å². The van der Waals surface area contributed by atoms with Gasteiger partial charge in [0.25, 0.3) is 0 Å². The lowest BCUT2D eigenvalue weighted by Crippen LogP contribution is -2.33. The van der Waals surface area contributed by atoms with Crippen LogP contribution in [0.15, 0.2) is 64.7 Å². The molecule has 2 aliphatic rings. The van der Waals surface area contributed by atoms with Gasteiger partial charge in [0.2, 0.25) is 5.95 Å². The van der Waals surface area contributed by atoms with Crippen LogP contribution in [0.2, 0.25) is 5.02 Å². The molecule has 0 unspecified atom stereocenters. The summed E-state index contributed by atoms with van der Waals surface area (Å²) in [5, 5.41) is 8.29. The molecule has 0 spiro atoms. The Hall–Kier alpha value is -2.86. The maximum absolute atomic E-state index is 13.1. The maximum Gasteiger partial charge on any atom is 0.226 e. The summed E-state index contributed by atoms with van der Waals surface area (Å²) in [6, 6.07) is 11.0. The number of nitrogens with one attached hydrogen (secondary N) is 1. The largest absolute Gasteiger partial charge is 0.469 e. The molecule has 0 amide bonds. The predicted octanol–water partition coefficient (Wildman–Crippen LogP) is 3.94. The minimum atomic E-state index is -0.300. The van der Waals surface area contributed by atoms with E-state index in [9.17, 15) is 4.79 Å². The average Bonchev–Trinajstić information content (AvgIpc) is 3.32. The smallest absolute Gasteiger partial charge is 0.226 e. The number of fused-ring (bicyclic) bond motifs is 1. The first-order valence-corrected chi connectivity index (χ1v) is 8.80. The van der Waals surface area contributed by atoms with Crippen LogP contribution in [0.3, 0.4) is 0 Å². The zero-order chi connectivity index (χ0) is 17.7. The molecule has 1 aromatic carbocycles. The van der Waals surface area contributed by atoms with Crippen LogP contribution in [0.1, 0.15) is 36.1 Å². The van der Waals surface area contributed by atoms with Gasteiger partial charge in [-0.15, -0.1) is 0 Å². The standard InChI is InChI=1S/C19H15ClN4O2/c20-13-5-3-11(4-6-13)18-17-14(23-19-21-10-22-24(18)19)8-12(9-15(17)25)16-2-1-7-26-16/h1-7,10,12,18H,8-9H2,(H,21,22,23)/t12-,18-/m1/s1. The number of anilines is 1. The van der Waals surface area contributed by atoms with E-state index in [1.165, 1.54) is 6.33 Å². The second-order valence-electron chi connectivity index (χ2n) is 6.54. The van der Waals surface area contributed by atoms with Gasteiger partial charge in [-0.1, -0.05) is 23.7 Å². The molecule has 1 N–H and O–H groups in total. The molecule has 1 aliphatic carbocycles. The Morgan fingerprint density at radius 3 is 2.81 bits per heavy atom. The Balaban J connectivity index is 1.62. The van der Waals surface area contributed by atoms with Crippen molar-refractivity contribution >= 4 is 23.3 Å². The maximum atomic E-state index is 13.1. The second-order valence-corrected chi connectivity index (χ2v) is 6.98. The molecule has 26 heavy (non-hydrogen) atoms. The van der Waals surface area contributed by atoms with Gasteiger partial charge in [0.05, 0.1) is 6.26 Å². The molecule has 3 heterocycles. The summed E-state index contributed by atoms with van der Waals surface area (Å²) in [4.78, 5) is 17.4. The van der Waals surface area contributed by atoms with E-state index in [2.05, 4.69) is 15.4 Å². The molecule has 0 saturated heterocycles. The zero-order valence-corrected chi connectivity index (χ0v) is 14.5. The van der Waals surface area contributed by atoms with Crippen LogP contribution in [0.5, 0.6) is 0 Å². The average molecular weight is 367 g/mol. The van der Waals surface area contributed by atoms with E-state index in [1.54, 1.807) is 10.9 Å². The number of carbonyl (C=O) groups excluding carboxylic acids is 1. The van der Waals surface area contributed by atoms with Crippen LogP contribution in [-0.4, -0.2) is 20.5 Å². The molecule has 6 nitrogen and oxygen atoms in total. The molecular formula is C19H15ClN4O2. The van der Waals surface area contributed by atoms with Crippen molar-refractivity contribution in [2.24, 2.45) is 0 Å². The molecule has 7 heteroatoms. The normalized spacial score (nSPS) is 22.0. The van der Waals surface area contributed by atoms with Crippen molar-refractivity contribution < 1.29 is 9.21 Å². The topological polar surface area (TPSA) is 73.0 Å². The Morgan fingerprint density at radius 2 is 2.04 bits per heavy atom. The van der Waals surface area contributed by atoms with Gasteiger partial charge in [-0.25, -0.2) is 4.68 Å². The molecule has 0 fully saturated rings. The first-order valence-electron chi connectivity index (χ1n) is 8.42. The van der Waals surface area contributed by atoms with Crippen molar-refractivity contribution in [3.63, 3.8) is 0 Å². The quantitative estimate of drug-likeness (QED) is 0.743. The Kier molecular flexibility index (Phi) is 3.46. The number of aromatic nitrogens is 3. The number of allylic oxidation sites excluding steroid dienone is 2. The van der Waals surface area contributed by atoms with Crippen LogP contribution in [0.25, 0.3) is 0 Å². The third-order valence-electron chi connectivity index (χ3n) is 4.99. The monoisotopic (exact) mass is 366 g/mol. The van der Waals surface area contributed by atoms with E-state index >= 15 is 0 Å². The summed E-state index contributed by atoms with van der Waals surface area (Å²) >= 11 is 6.04. The lowest BCUT2D eigenvalue weighted by Gasteiger charge is -2.34. The second kappa shape index (κ2) is 5.85. The minimum absolute atomic E-state index is 0.0316. The third kappa shape index (κ3) is 2.37. The number of rotatable bonds is 2. The molecule has 130 valence electrons. The Morgan fingerprint density at radius 1 is 1.19 bits per heavy atom. The SMILES string of the molecule is O=C1C[C@H](c2ccco2)CC2=C1[C@@H](c1ccc(Cl)cc1)n1ncnc1N2. The summed E-state index contributed by atoms with van der Waals surface area (Å²) in [6.45, 7) is 0. The first kappa shape index (κ1) is 15.4. The van der Waals surface area contributed by atoms with Crippen molar-refractivity contribution in [3.8, 4) is 0 Å². The molecule has 0 bridgehead atoms. The van der Waals surface area contributed by atoms with Gasteiger partial charge < -0.3 is 9.73 Å². The molecule has 3 aromatic rings. The van der Waals surface area contributed by atoms with Crippen molar-refractivity contribution in [2.45, 2.75) is 24.8 Å². The molecule has 5 rings (SSSR count). The third-order valence-corrected chi connectivity index (χ3v) is 5.24. The summed E-state index contributed by atoms with van der Waals surface area (Å²) in [7, 11) is 0. The van der Waals surface area contributed by atoms with E-state index in [0.29, 0.717) is 23.8 Å². The predicted molar refractivity (Wildman–Crippen MR) is 96.0 cm³/mol. The highest BCUT2D eigenvalue weighted by Crippen LogP contribution is 2.43. The van der Waals surface area contributed by atoms with E-state index in [1.807, 2.05) is 36.4 Å². The van der Waals surface area contributed by atoms with Crippen molar-refractivity contribution in [3.05, 3.63) is 76.6 Å². The first-order chi connectivity index (χ1) is 12.7. The Labute approximate surface area is 154 Å². The molecule has 2 aromatic heterocycles. The fraction of sp³-hybridized carbons (Fsp3) is 0.211. The van der Waals surface area contributed by atoms with Crippen molar-refractivity contribution in [1.82, 2.24) is 14.8 Å². The van der Waals surface area contributed by atoms with Gasteiger partial charge in [0, 0.05) is 28.6 Å². The minimum Gasteiger partial charge on any atom is -0.469 e. The number of Topliss-reactive ketones (excluding diaryl/α,β-unsaturated/α-hetero) is 1. The Bertz CT molecular complexity index is 1000. The molecular weight excluding hydrogens is 352 g/mol. The number of furan rings is 1. The molecule has 0 radical (unpaired) electrons. The van der Waals surface area contributed by atoms with Gasteiger partial charge in [-0.2, -0.15) is 10.1 Å². The number of ketones is 1. The number of hydrogen-bond donors (Lipinski definition) is 1. The van der Waals surface area contributed by atoms with Gasteiger partial charge >= 0.3 is 0 Å². The lowest BCUT2D eigenvalue weighted by atomic mass is 9.79. The molecule has 2 atom stereocenters. The summed E-state index contributed by atoms with van der Waals surface area (Å²) in [6.07, 6.45) is 4.26. The van der Waals surface area contributed by atoms with Crippen LogP contribution < -0.4 is 5.32 Å². The van der Waals surface area contributed by atoms with Crippen molar-refractivity contribution in [1.29, 1.82) is 0 Å². The number of nitrogens with zero attached hydrogens (tertiary/aromatic N) is 3. The lowest BCUT2D eigenvalue weighted by molar-refractivity contribution is -0.117. The number of benzene rings is 1. The highest BCUT2D eigenvalue weighted by molar-refractivity contribution is 6.30. The molecule has 0 saturated carbocycles. The van der Waals surface area contributed by atoms with E-state index in [4.69, 9.17) is 16.0 Å². The highest BCUT2D eigenvalue weighted by atomic mass is 35.5. The summed E-state index contributed by atoms with van der Waals surface area (Å²) < 4.78 is 7.29. The van der Waals surface area contributed by atoms with Crippen LogP contribution in [0.4, 0.5) is 5.95 Å². The van der Waals surface area contributed by atoms with Crippen LogP contribution in [0, 0.1) is 0 Å². The fourth-order valence-electron chi connectivity index (χ4n) is 3.83. The summed E-state index contributed by atoms with van der Waals surface area (Å²) in [5.74, 6) is 1.60. The zero-order valence-electron chi connectivity index (χ0n) is 13.7. The van der Waals surface area contributed by atoms with Gasteiger partial charge in [-0.05, 0) is 36.2 Å². The van der Waals surface area contributed by atoms with Gasteiger partial charge in [0.1, 0.15) is 18.1 Å². The molecule has 1 aliphatic heterocycles. The van der Waals surface area contributed by atoms with Crippen molar-refractivity contribution in [2.75, 3.05) is 5.32 Å². The highest BCUT2D eigenvalue weighted by Gasteiger charge is 2.39. The number of halogens is 1. The van der Waals surface area contributed by atoms with Gasteiger partial charge in [0.15, 0.2) is 5.78 Å². The van der Waals surface area contributed by atoms with E-state index < -0.39 is 0 Å². The fourth-order valence-corrected chi connectivity index (χ4v) is 3.96. The number of carbonyl (C=O) groups is 1. The van der Waals surface area contributed by atoms with Crippen LogP contribution in [-0.2, 0) is 4.79 Å². The summed E-state index contributed by atoms with van der Waals surface area (Å²) in [5.41, 5.74) is 2.59. The van der Waals surface area contributed by atoms with E-state index in [0.717, 1.165) is 22.6 Å². The van der Waals surface area contributed by atoms with Crippen LogP contribution >= 0.6 is 11.6 Å². The number of hydrogen-bond acceptors (Lipinski definition) is 5.